The van der Waals surface area contributed by atoms with Crippen LogP contribution in [0.15, 0.2) is 41.0 Å². The molecule has 7 heteroatoms. The predicted octanol–water partition coefficient (Wildman–Crippen LogP) is 4.55. The van der Waals surface area contributed by atoms with Gasteiger partial charge in [-0.15, -0.1) is 11.3 Å². The normalized spacial score (nSPS) is 10.8. The first-order valence-corrected chi connectivity index (χ1v) is 7.93. The molecule has 0 spiro atoms. The fourth-order valence-corrected chi connectivity index (χ4v) is 3.25. The lowest BCUT2D eigenvalue weighted by atomic mass is 10.2. The summed E-state index contributed by atoms with van der Waals surface area (Å²) in [6.07, 6.45) is 1.51. The zero-order valence-electron chi connectivity index (χ0n) is 10.6. The van der Waals surface area contributed by atoms with Gasteiger partial charge in [-0.05, 0) is 51.6 Å². The van der Waals surface area contributed by atoms with E-state index in [1.165, 1.54) is 17.5 Å². The van der Waals surface area contributed by atoms with Crippen LogP contribution in [0.25, 0.3) is 10.1 Å². The molecule has 3 aromatic rings. The Morgan fingerprint density at radius 1 is 1.33 bits per heavy atom. The molecule has 1 amide bonds. The van der Waals surface area contributed by atoms with Gasteiger partial charge in [0.1, 0.15) is 5.15 Å². The maximum Gasteiger partial charge on any atom is 0.265 e. The number of rotatable bonds is 2. The van der Waals surface area contributed by atoms with Gasteiger partial charge in [-0.25, -0.2) is 4.98 Å². The van der Waals surface area contributed by atoms with E-state index in [1.54, 1.807) is 6.07 Å². The third-order valence-electron chi connectivity index (χ3n) is 2.82. The summed E-state index contributed by atoms with van der Waals surface area (Å²) in [5.74, 6) is -0.189. The summed E-state index contributed by atoms with van der Waals surface area (Å²) >= 11 is 10.5. The minimum Gasteiger partial charge on any atom is -0.399 e. The van der Waals surface area contributed by atoms with E-state index < -0.39 is 0 Å². The number of carbonyl (C=O) groups is 1. The van der Waals surface area contributed by atoms with Crippen molar-refractivity contribution in [3.05, 3.63) is 51.0 Å². The molecule has 3 N–H and O–H groups in total. The van der Waals surface area contributed by atoms with Crippen LogP contribution in [0.4, 0.5) is 11.4 Å². The molecule has 21 heavy (non-hydrogen) atoms. The van der Waals surface area contributed by atoms with Crippen LogP contribution in [0.1, 0.15) is 9.67 Å². The average molecular weight is 383 g/mol. The van der Waals surface area contributed by atoms with E-state index >= 15 is 0 Å². The van der Waals surface area contributed by atoms with Gasteiger partial charge < -0.3 is 11.1 Å². The molecule has 3 rings (SSSR count). The molecule has 1 aromatic carbocycles. The fourth-order valence-electron chi connectivity index (χ4n) is 1.86. The number of benzene rings is 1. The monoisotopic (exact) mass is 381 g/mol. The molecule has 0 radical (unpaired) electrons. The van der Waals surface area contributed by atoms with Crippen LogP contribution in [0.2, 0.25) is 5.15 Å². The number of amides is 1. The van der Waals surface area contributed by atoms with Gasteiger partial charge in [0.15, 0.2) is 0 Å². The quantitative estimate of drug-likeness (QED) is 0.505. The summed E-state index contributed by atoms with van der Waals surface area (Å²) in [5.41, 5.74) is 7.00. The SMILES string of the molecule is Nc1ccc2sc(C(=O)Nc3cnc(Cl)c(Br)c3)cc2c1. The topological polar surface area (TPSA) is 68.0 Å². The first-order chi connectivity index (χ1) is 10.0. The van der Waals surface area contributed by atoms with E-state index in [1.807, 2.05) is 24.3 Å². The molecule has 0 aliphatic heterocycles. The molecule has 0 aliphatic carbocycles. The summed E-state index contributed by atoms with van der Waals surface area (Å²) in [4.78, 5) is 16.8. The summed E-state index contributed by atoms with van der Waals surface area (Å²) in [6.45, 7) is 0. The molecule has 0 atom stereocenters. The summed E-state index contributed by atoms with van der Waals surface area (Å²) in [6, 6.07) is 9.11. The number of halogens is 2. The number of thiophene rings is 1. The second-order valence-corrected chi connectivity index (χ2v) is 6.65. The van der Waals surface area contributed by atoms with Crippen molar-refractivity contribution in [2.24, 2.45) is 0 Å². The number of nitrogens with two attached hydrogens (primary N) is 1. The highest BCUT2D eigenvalue weighted by atomic mass is 79.9. The predicted molar refractivity (Wildman–Crippen MR) is 91.1 cm³/mol. The van der Waals surface area contributed by atoms with E-state index in [0.29, 0.717) is 25.9 Å². The highest BCUT2D eigenvalue weighted by molar-refractivity contribution is 9.10. The van der Waals surface area contributed by atoms with Crippen LogP contribution >= 0.6 is 38.9 Å². The molecule has 0 bridgehead atoms. The van der Waals surface area contributed by atoms with Gasteiger partial charge >= 0.3 is 0 Å². The third kappa shape index (κ3) is 3.02. The molecule has 0 unspecified atom stereocenters. The molecular weight excluding hydrogens is 374 g/mol. The standard InChI is InChI=1S/C14H9BrClN3OS/c15-10-5-9(6-18-13(10)16)19-14(20)12-4-7-3-8(17)1-2-11(7)21-12/h1-6H,17H2,(H,19,20). The lowest BCUT2D eigenvalue weighted by Gasteiger charge is -2.04. The van der Waals surface area contributed by atoms with Crippen molar-refractivity contribution in [1.29, 1.82) is 0 Å². The number of fused-ring (bicyclic) bond motifs is 1. The Labute approximate surface area is 138 Å². The van der Waals surface area contributed by atoms with E-state index in [9.17, 15) is 4.79 Å². The lowest BCUT2D eigenvalue weighted by molar-refractivity contribution is 0.103. The minimum absolute atomic E-state index is 0.189. The van der Waals surface area contributed by atoms with Gasteiger partial charge in [-0.3, -0.25) is 4.79 Å². The molecule has 2 aromatic heterocycles. The number of nitrogen functional groups attached to an aromatic ring is 1. The first kappa shape index (κ1) is 14.3. The Balaban J connectivity index is 1.87. The smallest absolute Gasteiger partial charge is 0.265 e. The second-order valence-electron chi connectivity index (χ2n) is 4.36. The number of nitrogens with zero attached hydrogens (tertiary/aromatic N) is 1. The number of nitrogens with one attached hydrogen (secondary N) is 1. The lowest BCUT2D eigenvalue weighted by Crippen LogP contribution is -2.10. The Hall–Kier alpha value is -1.63. The number of anilines is 2. The van der Waals surface area contributed by atoms with Crippen LogP contribution in [0.3, 0.4) is 0 Å². The Morgan fingerprint density at radius 2 is 2.14 bits per heavy atom. The molecule has 0 fully saturated rings. The van der Waals surface area contributed by atoms with Gasteiger partial charge in [0.2, 0.25) is 0 Å². The van der Waals surface area contributed by atoms with Crippen LogP contribution in [0.5, 0.6) is 0 Å². The largest absolute Gasteiger partial charge is 0.399 e. The van der Waals surface area contributed by atoms with Crippen LogP contribution in [0, 0.1) is 0 Å². The minimum atomic E-state index is -0.189. The molecule has 0 saturated heterocycles. The fraction of sp³-hybridized carbons (Fsp3) is 0. The van der Waals surface area contributed by atoms with Crippen molar-refractivity contribution in [2.45, 2.75) is 0 Å². The average Bonchev–Trinajstić information content (AvgIpc) is 2.86. The van der Waals surface area contributed by atoms with E-state index in [-0.39, 0.29) is 5.91 Å². The molecule has 106 valence electrons. The van der Waals surface area contributed by atoms with Gasteiger partial charge in [-0.1, -0.05) is 11.6 Å². The van der Waals surface area contributed by atoms with Gasteiger partial charge in [0, 0.05) is 10.4 Å². The van der Waals surface area contributed by atoms with Crippen LogP contribution < -0.4 is 11.1 Å². The van der Waals surface area contributed by atoms with Crippen molar-refractivity contribution in [1.82, 2.24) is 4.98 Å². The van der Waals surface area contributed by atoms with Gasteiger partial charge in [-0.2, -0.15) is 0 Å². The van der Waals surface area contributed by atoms with Crippen molar-refractivity contribution in [3.63, 3.8) is 0 Å². The number of carbonyl (C=O) groups excluding carboxylic acids is 1. The summed E-state index contributed by atoms with van der Waals surface area (Å²) < 4.78 is 1.65. The maximum absolute atomic E-state index is 12.3. The number of hydrogen-bond acceptors (Lipinski definition) is 4. The number of pyridine rings is 1. The zero-order chi connectivity index (χ0) is 15.0. The van der Waals surface area contributed by atoms with Crippen LogP contribution in [-0.2, 0) is 0 Å². The number of hydrogen-bond donors (Lipinski definition) is 2. The van der Waals surface area contributed by atoms with Crippen molar-refractivity contribution < 1.29 is 4.79 Å². The Bertz CT molecular complexity index is 849. The van der Waals surface area contributed by atoms with E-state index in [0.717, 1.165) is 10.1 Å². The summed E-state index contributed by atoms with van der Waals surface area (Å²) in [7, 11) is 0. The maximum atomic E-state index is 12.3. The van der Waals surface area contributed by atoms with E-state index in [4.69, 9.17) is 17.3 Å². The third-order valence-corrected chi connectivity index (χ3v) is 5.07. The highest BCUT2D eigenvalue weighted by Crippen LogP contribution is 2.28. The zero-order valence-corrected chi connectivity index (χ0v) is 13.7. The van der Waals surface area contributed by atoms with Crippen molar-refractivity contribution in [3.8, 4) is 0 Å². The summed E-state index contributed by atoms with van der Waals surface area (Å²) in [5, 5.41) is 4.10. The molecule has 2 heterocycles. The van der Waals surface area contributed by atoms with Gasteiger partial charge in [0.25, 0.3) is 5.91 Å². The molecular formula is C14H9BrClN3OS. The van der Waals surface area contributed by atoms with Crippen molar-refractivity contribution >= 4 is 66.2 Å². The Kier molecular flexibility index (Phi) is 3.84. The van der Waals surface area contributed by atoms with Crippen molar-refractivity contribution in [2.75, 3.05) is 11.1 Å². The highest BCUT2D eigenvalue weighted by Gasteiger charge is 2.11. The molecule has 0 saturated carbocycles. The van der Waals surface area contributed by atoms with E-state index in [2.05, 4.69) is 26.2 Å². The second kappa shape index (κ2) is 5.63. The van der Waals surface area contributed by atoms with Gasteiger partial charge in [0.05, 0.1) is 21.2 Å². The number of aromatic nitrogens is 1. The molecule has 4 nitrogen and oxygen atoms in total. The Morgan fingerprint density at radius 3 is 2.90 bits per heavy atom. The molecule has 0 aliphatic rings. The van der Waals surface area contributed by atoms with Crippen LogP contribution in [-0.4, -0.2) is 10.9 Å². The first-order valence-electron chi connectivity index (χ1n) is 5.94.